The van der Waals surface area contributed by atoms with E-state index in [1.54, 1.807) is 0 Å². The standard InChI is InChI=1S/C24H32N4O2Si/c1-17-11-13-19-7-5-9-21(23(19)25-17)27-29-15-31(3,4)16-30-28-22-10-6-8-20-14-12-18(2)26-24(20)22/h11-14H,5-10,15-16H2,1-4H3/b27-21+,28-22+. The molecule has 6 nitrogen and oxygen atoms in total. The Bertz CT molecular complexity index is 937. The van der Waals surface area contributed by atoms with Crippen LogP contribution in [0, 0.1) is 13.8 Å². The number of aryl methyl sites for hydroxylation is 4. The lowest BCUT2D eigenvalue weighted by Gasteiger charge is -2.21. The van der Waals surface area contributed by atoms with Gasteiger partial charge in [0.25, 0.3) is 0 Å². The van der Waals surface area contributed by atoms with E-state index in [1.165, 1.54) is 11.1 Å². The molecule has 7 heteroatoms. The van der Waals surface area contributed by atoms with Gasteiger partial charge in [-0.2, -0.15) is 0 Å². The molecule has 2 aromatic heterocycles. The zero-order chi connectivity index (χ0) is 21.8. The molecule has 2 aliphatic carbocycles. The van der Waals surface area contributed by atoms with E-state index < -0.39 is 8.07 Å². The fraction of sp³-hybridized carbons (Fsp3) is 0.500. The van der Waals surface area contributed by atoms with Crippen LogP contribution in [0.2, 0.25) is 13.1 Å². The molecule has 0 atom stereocenters. The summed E-state index contributed by atoms with van der Waals surface area (Å²) in [6.45, 7) is 8.51. The molecule has 0 aromatic carbocycles. The largest absolute Gasteiger partial charge is 0.399 e. The molecule has 0 saturated heterocycles. The van der Waals surface area contributed by atoms with Gasteiger partial charge < -0.3 is 9.68 Å². The molecule has 4 rings (SSSR count). The van der Waals surface area contributed by atoms with Crippen molar-refractivity contribution in [2.75, 3.05) is 12.5 Å². The van der Waals surface area contributed by atoms with Crippen LogP contribution in [0.3, 0.4) is 0 Å². The summed E-state index contributed by atoms with van der Waals surface area (Å²) in [5, 5.41) is 8.95. The highest BCUT2D eigenvalue weighted by atomic mass is 28.3. The van der Waals surface area contributed by atoms with Crippen molar-refractivity contribution in [2.24, 2.45) is 10.3 Å². The van der Waals surface area contributed by atoms with Crippen molar-refractivity contribution in [3.63, 3.8) is 0 Å². The van der Waals surface area contributed by atoms with Gasteiger partial charge in [-0.15, -0.1) is 0 Å². The third-order valence-electron chi connectivity index (χ3n) is 5.76. The lowest BCUT2D eigenvalue weighted by molar-refractivity contribution is 0.159. The van der Waals surface area contributed by atoms with Crippen molar-refractivity contribution in [1.82, 2.24) is 9.97 Å². The summed E-state index contributed by atoms with van der Waals surface area (Å²) >= 11 is 0. The fourth-order valence-electron chi connectivity index (χ4n) is 3.99. The van der Waals surface area contributed by atoms with E-state index in [1.807, 2.05) is 13.8 Å². The number of aromatic nitrogens is 2. The van der Waals surface area contributed by atoms with E-state index in [2.05, 4.69) is 57.6 Å². The number of oxime groups is 2. The molecular formula is C24H32N4O2Si. The molecule has 0 N–H and O–H groups in total. The Labute approximate surface area is 185 Å². The molecule has 0 spiro atoms. The maximum Gasteiger partial charge on any atom is 0.143 e. The summed E-state index contributed by atoms with van der Waals surface area (Å²) in [6, 6.07) is 8.47. The summed E-state index contributed by atoms with van der Waals surface area (Å²) < 4.78 is 0. The monoisotopic (exact) mass is 436 g/mol. The van der Waals surface area contributed by atoms with E-state index in [-0.39, 0.29) is 0 Å². The van der Waals surface area contributed by atoms with Crippen molar-refractivity contribution in [3.8, 4) is 0 Å². The highest BCUT2D eigenvalue weighted by molar-refractivity contribution is 6.77. The highest BCUT2D eigenvalue weighted by Crippen LogP contribution is 2.22. The van der Waals surface area contributed by atoms with Crippen LogP contribution in [-0.2, 0) is 22.5 Å². The number of pyridine rings is 2. The predicted octanol–water partition coefficient (Wildman–Crippen LogP) is 4.69. The van der Waals surface area contributed by atoms with Crippen molar-refractivity contribution in [1.29, 1.82) is 0 Å². The molecule has 2 heterocycles. The normalized spacial score (nSPS) is 18.6. The summed E-state index contributed by atoms with van der Waals surface area (Å²) in [4.78, 5) is 21.0. The van der Waals surface area contributed by atoms with Gasteiger partial charge >= 0.3 is 0 Å². The van der Waals surface area contributed by atoms with Crippen molar-refractivity contribution >= 4 is 19.5 Å². The van der Waals surface area contributed by atoms with Crippen LogP contribution in [-0.4, -0.2) is 41.9 Å². The summed E-state index contributed by atoms with van der Waals surface area (Å²) in [5.74, 6) is 0. The first kappa shape index (κ1) is 21.7. The van der Waals surface area contributed by atoms with Crippen molar-refractivity contribution < 1.29 is 9.68 Å². The molecule has 2 aliphatic rings. The smallest absolute Gasteiger partial charge is 0.143 e. The minimum Gasteiger partial charge on any atom is -0.399 e. The van der Waals surface area contributed by atoms with E-state index in [9.17, 15) is 0 Å². The number of nitrogens with zero attached hydrogens (tertiary/aromatic N) is 4. The first-order valence-electron chi connectivity index (χ1n) is 11.2. The van der Waals surface area contributed by atoms with Crippen LogP contribution < -0.4 is 0 Å². The second kappa shape index (κ2) is 9.30. The van der Waals surface area contributed by atoms with E-state index in [4.69, 9.17) is 9.68 Å². The SMILES string of the molecule is Cc1ccc2c(n1)/C(=N/OC[Si](C)(C)CO/N=C1\CCCc3ccc(C)nc31)CCC2. The molecule has 0 amide bonds. The van der Waals surface area contributed by atoms with E-state index in [0.29, 0.717) is 12.5 Å². The molecule has 0 fully saturated rings. The summed E-state index contributed by atoms with van der Waals surface area (Å²) in [7, 11) is -1.78. The van der Waals surface area contributed by atoms with Gasteiger partial charge in [0.15, 0.2) is 0 Å². The number of hydrogen-bond donors (Lipinski definition) is 0. The number of fused-ring (bicyclic) bond motifs is 2. The fourth-order valence-corrected chi connectivity index (χ4v) is 4.90. The Morgan fingerprint density at radius 1 is 0.742 bits per heavy atom. The molecule has 164 valence electrons. The lowest BCUT2D eigenvalue weighted by Crippen LogP contribution is -2.38. The topological polar surface area (TPSA) is 69.0 Å². The number of rotatable bonds is 6. The van der Waals surface area contributed by atoms with Crippen LogP contribution in [0.1, 0.15) is 59.6 Å². The van der Waals surface area contributed by atoms with Gasteiger partial charge in [0.05, 0.1) is 11.4 Å². The highest BCUT2D eigenvalue weighted by Gasteiger charge is 2.26. The van der Waals surface area contributed by atoms with E-state index >= 15 is 0 Å². The molecule has 31 heavy (non-hydrogen) atoms. The minimum atomic E-state index is -1.78. The summed E-state index contributed by atoms with van der Waals surface area (Å²) in [5.41, 5.74) is 8.53. The van der Waals surface area contributed by atoms with Crippen LogP contribution in [0.4, 0.5) is 0 Å². The van der Waals surface area contributed by atoms with Gasteiger partial charge in [-0.1, -0.05) is 35.5 Å². The van der Waals surface area contributed by atoms with Crippen molar-refractivity contribution in [2.45, 2.75) is 65.5 Å². The quantitative estimate of drug-likeness (QED) is 0.486. The van der Waals surface area contributed by atoms with Crippen molar-refractivity contribution in [3.05, 3.63) is 58.2 Å². The van der Waals surface area contributed by atoms with Crippen LogP contribution in [0.5, 0.6) is 0 Å². The molecule has 0 unspecified atom stereocenters. The van der Waals surface area contributed by atoms with Gasteiger partial charge in [0, 0.05) is 11.4 Å². The average molecular weight is 437 g/mol. The third kappa shape index (κ3) is 5.39. The van der Waals surface area contributed by atoms with Gasteiger partial charge in [-0.25, -0.2) is 0 Å². The zero-order valence-corrected chi connectivity index (χ0v) is 20.1. The zero-order valence-electron chi connectivity index (χ0n) is 19.1. The lowest BCUT2D eigenvalue weighted by atomic mass is 9.94. The maximum absolute atomic E-state index is 5.82. The first-order valence-corrected chi connectivity index (χ1v) is 14.6. The molecule has 0 saturated carbocycles. The minimum absolute atomic E-state index is 0.594. The van der Waals surface area contributed by atoms with Gasteiger partial charge in [-0.3, -0.25) is 9.97 Å². The van der Waals surface area contributed by atoms with Crippen LogP contribution >= 0.6 is 0 Å². The summed E-state index contributed by atoms with van der Waals surface area (Å²) in [6.07, 6.45) is 7.34. The molecular weight excluding hydrogens is 404 g/mol. The predicted molar refractivity (Wildman–Crippen MR) is 126 cm³/mol. The van der Waals surface area contributed by atoms with Crippen LogP contribution in [0.15, 0.2) is 34.6 Å². The Kier molecular flexibility index (Phi) is 6.50. The van der Waals surface area contributed by atoms with Crippen LogP contribution in [0.25, 0.3) is 0 Å². The Morgan fingerprint density at radius 3 is 1.65 bits per heavy atom. The van der Waals surface area contributed by atoms with Gasteiger partial charge in [-0.05, 0) is 75.6 Å². The third-order valence-corrected chi connectivity index (χ3v) is 7.58. The first-order chi connectivity index (χ1) is 14.9. The van der Waals surface area contributed by atoms with Gasteiger partial charge in [0.2, 0.25) is 0 Å². The Balaban J connectivity index is 1.35. The van der Waals surface area contributed by atoms with E-state index in [0.717, 1.165) is 72.7 Å². The average Bonchev–Trinajstić information content (AvgIpc) is 2.74. The van der Waals surface area contributed by atoms with Gasteiger partial charge in [0.1, 0.15) is 32.0 Å². The molecule has 0 bridgehead atoms. The number of hydrogen-bond acceptors (Lipinski definition) is 6. The maximum atomic E-state index is 5.82. The second-order valence-corrected chi connectivity index (χ2v) is 14.3. The molecule has 2 aromatic rings. The Hall–Kier alpha value is -2.54. The Morgan fingerprint density at radius 2 is 1.19 bits per heavy atom. The second-order valence-electron chi connectivity index (χ2n) is 9.41. The molecule has 0 aliphatic heterocycles. The molecule has 0 radical (unpaired) electrons.